The molecule has 0 aliphatic rings. The summed E-state index contributed by atoms with van der Waals surface area (Å²) >= 11 is 0. The lowest BCUT2D eigenvalue weighted by Crippen LogP contribution is -2.22. The molecular formula is C22H26N2O4. The molecule has 6 nitrogen and oxygen atoms in total. The highest BCUT2D eigenvalue weighted by atomic mass is 16.5. The first-order valence-electron chi connectivity index (χ1n) is 9.34. The van der Waals surface area contributed by atoms with E-state index in [-0.39, 0.29) is 11.8 Å². The Bertz CT molecular complexity index is 829. The van der Waals surface area contributed by atoms with Crippen LogP contribution in [-0.2, 0) is 4.79 Å². The van der Waals surface area contributed by atoms with Crippen LogP contribution in [0.2, 0.25) is 0 Å². The lowest BCUT2D eigenvalue weighted by atomic mass is 10.1. The molecule has 2 rings (SSSR count). The van der Waals surface area contributed by atoms with Crippen molar-refractivity contribution >= 4 is 23.6 Å². The molecule has 6 heteroatoms. The van der Waals surface area contributed by atoms with Gasteiger partial charge in [0.05, 0.1) is 13.2 Å². The third-order valence-electron chi connectivity index (χ3n) is 3.75. The van der Waals surface area contributed by atoms with Crippen LogP contribution in [0.15, 0.2) is 48.5 Å². The number of anilines is 1. The van der Waals surface area contributed by atoms with E-state index in [9.17, 15) is 9.59 Å². The van der Waals surface area contributed by atoms with Gasteiger partial charge < -0.3 is 20.1 Å². The minimum Gasteiger partial charge on any atom is -0.490 e. The monoisotopic (exact) mass is 382 g/mol. The van der Waals surface area contributed by atoms with Gasteiger partial charge in [-0.1, -0.05) is 6.07 Å². The molecule has 2 aromatic rings. The molecule has 148 valence electrons. The Balaban J connectivity index is 2.01. The van der Waals surface area contributed by atoms with Gasteiger partial charge >= 0.3 is 0 Å². The lowest BCUT2D eigenvalue weighted by Gasteiger charge is -2.11. The van der Waals surface area contributed by atoms with Crippen molar-refractivity contribution in [2.45, 2.75) is 20.8 Å². The number of carbonyl (C=O) groups is 2. The van der Waals surface area contributed by atoms with Crippen LogP contribution < -0.4 is 20.1 Å². The van der Waals surface area contributed by atoms with E-state index in [0.717, 1.165) is 5.56 Å². The smallest absolute Gasteiger partial charge is 0.251 e. The molecule has 0 heterocycles. The molecule has 2 aromatic carbocycles. The zero-order valence-electron chi connectivity index (χ0n) is 16.5. The van der Waals surface area contributed by atoms with Crippen molar-refractivity contribution in [2.24, 2.45) is 0 Å². The van der Waals surface area contributed by atoms with Crippen LogP contribution in [0.5, 0.6) is 11.5 Å². The highest BCUT2D eigenvalue weighted by molar-refractivity contribution is 6.02. The van der Waals surface area contributed by atoms with Crippen LogP contribution in [0.1, 0.15) is 36.7 Å². The molecule has 0 fully saturated rings. The molecule has 0 bridgehead atoms. The predicted molar refractivity (Wildman–Crippen MR) is 111 cm³/mol. The van der Waals surface area contributed by atoms with Crippen LogP contribution in [0.3, 0.4) is 0 Å². The molecule has 0 radical (unpaired) electrons. The Morgan fingerprint density at radius 3 is 2.25 bits per heavy atom. The van der Waals surface area contributed by atoms with Crippen LogP contribution in [-0.4, -0.2) is 31.6 Å². The Morgan fingerprint density at radius 1 is 0.929 bits per heavy atom. The molecule has 0 atom stereocenters. The van der Waals surface area contributed by atoms with Gasteiger partial charge in [-0.05, 0) is 68.8 Å². The largest absolute Gasteiger partial charge is 0.490 e. The second-order valence-corrected chi connectivity index (χ2v) is 5.83. The molecule has 0 aromatic heterocycles. The Labute approximate surface area is 165 Å². The van der Waals surface area contributed by atoms with Gasteiger partial charge in [-0.15, -0.1) is 0 Å². The first-order valence-corrected chi connectivity index (χ1v) is 9.34. The van der Waals surface area contributed by atoms with Gasteiger partial charge in [-0.3, -0.25) is 9.59 Å². The number of amides is 2. The normalized spacial score (nSPS) is 10.5. The van der Waals surface area contributed by atoms with E-state index >= 15 is 0 Å². The van der Waals surface area contributed by atoms with E-state index in [1.54, 1.807) is 30.3 Å². The van der Waals surface area contributed by atoms with Crippen molar-refractivity contribution < 1.29 is 19.1 Å². The first kappa shape index (κ1) is 21.0. The Kier molecular flexibility index (Phi) is 8.09. The topological polar surface area (TPSA) is 76.7 Å². The van der Waals surface area contributed by atoms with Gasteiger partial charge in [-0.25, -0.2) is 0 Å². The molecule has 0 unspecified atom stereocenters. The van der Waals surface area contributed by atoms with E-state index in [1.807, 2.05) is 39.0 Å². The zero-order chi connectivity index (χ0) is 20.4. The standard InChI is InChI=1S/C22H26N2O4/c1-4-23-22(26)17-9-11-18(12-10-17)24-21(25)14-8-16-7-13-19(27-5-2)20(15-16)28-6-3/h7-15H,4-6H2,1-3H3,(H,23,26)(H,24,25). The van der Waals surface area contributed by atoms with Crippen LogP contribution in [0, 0.1) is 0 Å². The van der Waals surface area contributed by atoms with Crippen molar-refractivity contribution in [2.75, 3.05) is 25.1 Å². The summed E-state index contributed by atoms with van der Waals surface area (Å²) in [4.78, 5) is 23.9. The molecule has 2 amide bonds. The fourth-order valence-corrected chi connectivity index (χ4v) is 2.49. The van der Waals surface area contributed by atoms with Gasteiger partial charge in [0.15, 0.2) is 11.5 Å². The quantitative estimate of drug-likeness (QED) is 0.645. The molecule has 28 heavy (non-hydrogen) atoms. The van der Waals surface area contributed by atoms with Gasteiger partial charge in [0.25, 0.3) is 5.91 Å². The number of benzene rings is 2. The summed E-state index contributed by atoms with van der Waals surface area (Å²) in [6.45, 7) is 7.33. The van der Waals surface area contributed by atoms with Gasteiger partial charge in [0, 0.05) is 23.9 Å². The molecule has 0 aliphatic heterocycles. The lowest BCUT2D eigenvalue weighted by molar-refractivity contribution is -0.111. The third-order valence-corrected chi connectivity index (χ3v) is 3.75. The van der Waals surface area contributed by atoms with Crippen LogP contribution in [0.4, 0.5) is 5.69 Å². The average molecular weight is 382 g/mol. The number of ether oxygens (including phenoxy) is 2. The summed E-state index contributed by atoms with van der Waals surface area (Å²) in [5, 5.41) is 5.50. The summed E-state index contributed by atoms with van der Waals surface area (Å²) in [5.74, 6) is 0.921. The van der Waals surface area contributed by atoms with Gasteiger partial charge in [0.2, 0.25) is 5.91 Å². The maximum absolute atomic E-state index is 12.2. The molecule has 0 aliphatic carbocycles. The fraction of sp³-hybridized carbons (Fsp3) is 0.273. The fourth-order valence-electron chi connectivity index (χ4n) is 2.49. The summed E-state index contributed by atoms with van der Waals surface area (Å²) < 4.78 is 11.1. The molecular weight excluding hydrogens is 356 g/mol. The Hall–Kier alpha value is -3.28. The zero-order valence-corrected chi connectivity index (χ0v) is 16.5. The van der Waals surface area contributed by atoms with Crippen LogP contribution >= 0.6 is 0 Å². The van der Waals surface area contributed by atoms with Crippen molar-refractivity contribution in [1.82, 2.24) is 5.32 Å². The van der Waals surface area contributed by atoms with E-state index in [2.05, 4.69) is 10.6 Å². The number of carbonyl (C=O) groups excluding carboxylic acids is 2. The number of rotatable bonds is 9. The minimum absolute atomic E-state index is 0.138. The number of nitrogens with one attached hydrogen (secondary N) is 2. The molecule has 0 spiro atoms. The average Bonchev–Trinajstić information content (AvgIpc) is 2.69. The summed E-state index contributed by atoms with van der Waals surface area (Å²) in [5.41, 5.74) is 1.99. The maximum Gasteiger partial charge on any atom is 0.251 e. The summed E-state index contributed by atoms with van der Waals surface area (Å²) in [6.07, 6.45) is 3.15. The van der Waals surface area contributed by atoms with E-state index in [0.29, 0.717) is 42.5 Å². The Morgan fingerprint density at radius 2 is 1.61 bits per heavy atom. The van der Waals surface area contributed by atoms with E-state index in [4.69, 9.17) is 9.47 Å². The summed E-state index contributed by atoms with van der Waals surface area (Å²) in [6, 6.07) is 12.3. The third kappa shape index (κ3) is 6.16. The van der Waals surface area contributed by atoms with Crippen molar-refractivity contribution in [3.05, 3.63) is 59.7 Å². The maximum atomic E-state index is 12.2. The van der Waals surface area contributed by atoms with Crippen molar-refractivity contribution in [1.29, 1.82) is 0 Å². The number of hydrogen-bond acceptors (Lipinski definition) is 4. The molecule has 0 saturated carbocycles. The number of hydrogen-bond donors (Lipinski definition) is 2. The van der Waals surface area contributed by atoms with Crippen LogP contribution in [0.25, 0.3) is 6.08 Å². The van der Waals surface area contributed by atoms with Gasteiger partial charge in [-0.2, -0.15) is 0 Å². The molecule has 0 saturated heterocycles. The minimum atomic E-state index is -0.266. The highest BCUT2D eigenvalue weighted by Gasteiger charge is 2.06. The molecule has 2 N–H and O–H groups in total. The van der Waals surface area contributed by atoms with Crippen molar-refractivity contribution in [3.63, 3.8) is 0 Å². The van der Waals surface area contributed by atoms with E-state index in [1.165, 1.54) is 6.08 Å². The predicted octanol–water partition coefficient (Wildman–Crippen LogP) is 3.89. The second kappa shape index (κ2) is 10.8. The van der Waals surface area contributed by atoms with Crippen molar-refractivity contribution in [3.8, 4) is 11.5 Å². The highest BCUT2D eigenvalue weighted by Crippen LogP contribution is 2.29. The SMILES string of the molecule is CCNC(=O)c1ccc(NC(=O)C=Cc2ccc(OCC)c(OCC)c2)cc1. The van der Waals surface area contributed by atoms with Gasteiger partial charge in [0.1, 0.15) is 0 Å². The second-order valence-electron chi connectivity index (χ2n) is 5.83. The summed E-state index contributed by atoms with van der Waals surface area (Å²) in [7, 11) is 0. The first-order chi connectivity index (χ1) is 13.6. The van der Waals surface area contributed by atoms with E-state index < -0.39 is 0 Å².